The third kappa shape index (κ3) is 4.81. The van der Waals surface area contributed by atoms with Gasteiger partial charge in [-0.25, -0.2) is 0 Å². The quantitative estimate of drug-likeness (QED) is 0.129. The second-order valence-electron chi connectivity index (χ2n) is 14.6. The third-order valence-electron chi connectivity index (χ3n) is 11.3. The molecule has 0 saturated carbocycles. The fraction of sp³-hybridized carbons (Fsp3) is 0.0800. The molecule has 0 amide bonds. The van der Waals surface area contributed by atoms with Crippen LogP contribution in [0.3, 0.4) is 0 Å². The number of hydrogen-bond donors (Lipinski definition) is 0. The Morgan fingerprint density at radius 3 is 1.92 bits per heavy atom. The van der Waals surface area contributed by atoms with E-state index >= 15 is 0 Å². The van der Waals surface area contributed by atoms with E-state index in [1.165, 1.54) is 66.1 Å². The molecule has 1 aliphatic rings. The van der Waals surface area contributed by atoms with E-state index in [4.69, 9.17) is 9.97 Å². The van der Waals surface area contributed by atoms with E-state index in [9.17, 15) is 0 Å². The van der Waals surface area contributed by atoms with Gasteiger partial charge in [-0.15, -0.1) is 0 Å². The zero-order valence-corrected chi connectivity index (χ0v) is 29.8. The largest absolute Gasteiger partial charge is 0.309 e. The number of hydrogen-bond acceptors (Lipinski definition) is 2. The van der Waals surface area contributed by atoms with Crippen molar-refractivity contribution >= 4 is 60.0 Å². The maximum absolute atomic E-state index is 4.73. The highest BCUT2D eigenvalue weighted by Crippen LogP contribution is 2.50. The summed E-state index contributed by atoms with van der Waals surface area (Å²) in [6, 6.07) is 46.7. The van der Waals surface area contributed by atoms with Crippen LogP contribution in [-0.4, -0.2) is 14.5 Å². The number of rotatable bonds is 6. The Labute approximate surface area is 308 Å². The molecule has 0 spiro atoms. The standard InChI is InChI=1S/C50H37N3/c1-4-12-33(34-22-25-42-43(30-34)36-15-5-6-18-41(36)48-49(42)52-28-27-51-48)14-11-13-32-21-24-37-38-26-23-35(31-45(38)50(2,3)44(37)29-32)53-46-19-9-7-16-39(46)40-17-8-10-20-47(40)53/h4-12,14-31H,1,13H2,2-3H3/b14-11-,33-12+. The van der Waals surface area contributed by atoms with Crippen LogP contribution < -0.4 is 0 Å². The van der Waals surface area contributed by atoms with Gasteiger partial charge in [0.25, 0.3) is 0 Å². The summed E-state index contributed by atoms with van der Waals surface area (Å²) in [7, 11) is 0. The molecule has 2 aromatic heterocycles. The van der Waals surface area contributed by atoms with Gasteiger partial charge in [0.15, 0.2) is 0 Å². The summed E-state index contributed by atoms with van der Waals surface area (Å²) in [5.74, 6) is 0. The van der Waals surface area contributed by atoms with Crippen molar-refractivity contribution in [1.82, 2.24) is 14.5 Å². The van der Waals surface area contributed by atoms with Crippen molar-refractivity contribution in [2.24, 2.45) is 0 Å². The lowest BCUT2D eigenvalue weighted by Crippen LogP contribution is -2.15. The average Bonchev–Trinajstić information content (AvgIpc) is 3.65. The Kier molecular flexibility index (Phi) is 7.06. The highest BCUT2D eigenvalue weighted by Gasteiger charge is 2.36. The molecule has 252 valence electrons. The van der Waals surface area contributed by atoms with Gasteiger partial charge in [-0.3, -0.25) is 9.97 Å². The van der Waals surface area contributed by atoms with Crippen molar-refractivity contribution in [2.45, 2.75) is 25.7 Å². The number of fused-ring (bicyclic) bond motifs is 12. The maximum Gasteiger partial charge on any atom is 0.0971 e. The average molecular weight is 680 g/mol. The van der Waals surface area contributed by atoms with E-state index in [1.54, 1.807) is 12.4 Å². The summed E-state index contributed by atoms with van der Waals surface area (Å²) in [6.45, 7) is 8.78. The lowest BCUT2D eigenvalue weighted by molar-refractivity contribution is 0.659. The van der Waals surface area contributed by atoms with Gasteiger partial charge in [-0.1, -0.05) is 142 Å². The Morgan fingerprint density at radius 2 is 1.23 bits per heavy atom. The summed E-state index contributed by atoms with van der Waals surface area (Å²) in [5.41, 5.74) is 14.4. The minimum atomic E-state index is -0.129. The van der Waals surface area contributed by atoms with E-state index < -0.39 is 0 Å². The van der Waals surface area contributed by atoms with Crippen LogP contribution in [0.2, 0.25) is 0 Å². The van der Waals surface area contributed by atoms with Crippen LogP contribution in [0.15, 0.2) is 171 Å². The van der Waals surface area contributed by atoms with E-state index in [1.807, 2.05) is 6.08 Å². The number of benzene rings is 7. The van der Waals surface area contributed by atoms with Crippen molar-refractivity contribution in [2.75, 3.05) is 0 Å². The van der Waals surface area contributed by atoms with Crippen LogP contribution in [0.1, 0.15) is 36.1 Å². The molecule has 53 heavy (non-hydrogen) atoms. The maximum atomic E-state index is 4.73. The summed E-state index contributed by atoms with van der Waals surface area (Å²) in [5, 5.41) is 7.16. The summed E-state index contributed by atoms with van der Waals surface area (Å²) < 4.78 is 2.42. The van der Waals surface area contributed by atoms with Crippen LogP contribution in [0, 0.1) is 0 Å². The van der Waals surface area contributed by atoms with Gasteiger partial charge in [0.1, 0.15) is 0 Å². The Hall–Kier alpha value is -6.58. The van der Waals surface area contributed by atoms with E-state index in [0.717, 1.165) is 39.4 Å². The third-order valence-corrected chi connectivity index (χ3v) is 11.3. The molecular weight excluding hydrogens is 643 g/mol. The molecule has 10 rings (SSSR count). The monoisotopic (exact) mass is 679 g/mol. The molecule has 1 aliphatic carbocycles. The summed E-state index contributed by atoms with van der Waals surface area (Å²) in [6.07, 6.45) is 12.9. The smallest absolute Gasteiger partial charge is 0.0971 e. The normalized spacial score (nSPS) is 13.8. The fourth-order valence-electron chi connectivity index (χ4n) is 8.75. The minimum absolute atomic E-state index is 0.129. The first kappa shape index (κ1) is 31.2. The Balaban J connectivity index is 0.973. The molecule has 0 aliphatic heterocycles. The van der Waals surface area contributed by atoms with Crippen LogP contribution in [0.5, 0.6) is 0 Å². The number of nitrogens with zero attached hydrogens (tertiary/aromatic N) is 3. The van der Waals surface area contributed by atoms with Gasteiger partial charge in [0.2, 0.25) is 0 Å². The zero-order chi connectivity index (χ0) is 35.7. The first-order valence-electron chi connectivity index (χ1n) is 18.3. The van der Waals surface area contributed by atoms with Gasteiger partial charge in [0.05, 0.1) is 22.1 Å². The van der Waals surface area contributed by atoms with Crippen LogP contribution >= 0.6 is 0 Å². The molecule has 7 aromatic carbocycles. The summed E-state index contributed by atoms with van der Waals surface area (Å²) in [4.78, 5) is 9.42. The second kappa shape index (κ2) is 12.0. The minimum Gasteiger partial charge on any atom is -0.309 e. The van der Waals surface area contributed by atoms with Gasteiger partial charge >= 0.3 is 0 Å². The Bertz CT molecular complexity index is 2940. The predicted octanol–water partition coefficient (Wildman–Crippen LogP) is 12.7. The zero-order valence-electron chi connectivity index (χ0n) is 29.8. The SMILES string of the molecule is C=C/C=C(\C=C/Cc1ccc2c(c1)C(C)(C)c1cc(-n3c4ccccc4c4ccccc43)ccc1-2)c1ccc2c(c1)c1ccccc1c1nccnc21. The molecule has 2 heterocycles. The van der Waals surface area contributed by atoms with Crippen LogP contribution in [0.4, 0.5) is 0 Å². The highest BCUT2D eigenvalue weighted by atomic mass is 15.0. The molecule has 9 aromatic rings. The molecular formula is C50H37N3. The molecule has 0 N–H and O–H groups in total. The number of allylic oxidation sites excluding steroid dienone is 5. The molecule has 0 radical (unpaired) electrons. The lowest BCUT2D eigenvalue weighted by atomic mass is 9.81. The topological polar surface area (TPSA) is 30.7 Å². The number of para-hydroxylation sites is 2. The van der Waals surface area contributed by atoms with Gasteiger partial charge in [0, 0.05) is 45.0 Å². The van der Waals surface area contributed by atoms with Crippen LogP contribution in [-0.2, 0) is 11.8 Å². The predicted molar refractivity (Wildman–Crippen MR) is 224 cm³/mol. The van der Waals surface area contributed by atoms with E-state index in [2.05, 4.69) is 171 Å². The van der Waals surface area contributed by atoms with Crippen molar-refractivity contribution < 1.29 is 0 Å². The molecule has 3 nitrogen and oxygen atoms in total. The molecule has 0 atom stereocenters. The molecule has 0 unspecified atom stereocenters. The molecule has 0 saturated heterocycles. The first-order valence-corrected chi connectivity index (χ1v) is 18.3. The van der Waals surface area contributed by atoms with Crippen molar-refractivity contribution in [3.8, 4) is 16.8 Å². The molecule has 0 fully saturated rings. The van der Waals surface area contributed by atoms with Gasteiger partial charge < -0.3 is 4.57 Å². The van der Waals surface area contributed by atoms with Gasteiger partial charge in [-0.05, 0) is 86.5 Å². The second-order valence-corrected chi connectivity index (χ2v) is 14.6. The first-order chi connectivity index (χ1) is 26.0. The van der Waals surface area contributed by atoms with Crippen molar-refractivity contribution in [3.05, 3.63) is 193 Å². The van der Waals surface area contributed by atoms with E-state index in [0.29, 0.717) is 0 Å². The lowest BCUT2D eigenvalue weighted by Gasteiger charge is -2.23. The van der Waals surface area contributed by atoms with Crippen molar-refractivity contribution in [3.63, 3.8) is 0 Å². The van der Waals surface area contributed by atoms with Gasteiger partial charge in [-0.2, -0.15) is 0 Å². The molecule has 0 bridgehead atoms. The van der Waals surface area contributed by atoms with E-state index in [-0.39, 0.29) is 5.41 Å². The molecule has 3 heteroatoms. The highest BCUT2D eigenvalue weighted by molar-refractivity contribution is 6.23. The van der Waals surface area contributed by atoms with Crippen molar-refractivity contribution in [1.29, 1.82) is 0 Å². The fourth-order valence-corrected chi connectivity index (χ4v) is 8.75. The Morgan fingerprint density at radius 1 is 0.623 bits per heavy atom. The van der Waals surface area contributed by atoms with Crippen LogP contribution in [0.25, 0.3) is 76.8 Å². The number of aromatic nitrogens is 3. The summed E-state index contributed by atoms with van der Waals surface area (Å²) >= 11 is 0.